The molecule has 1 unspecified atom stereocenters. The normalized spacial score (nSPS) is 15.0. The standard InChI is InChI=1S/C26H26ClNO6/c1-5-10-33-19-8-7-16(13-21(19)32-4)23-22-24(29)17-14-18(27)15(2)12-20(17)34-25(22)26(30)28(23)9-6-11-31-3/h5,7-8,12-14,23H,1,6,9-11H2,2-4H3. The summed E-state index contributed by atoms with van der Waals surface area (Å²) in [5, 5.41) is 0.798. The smallest absolute Gasteiger partial charge is 0.290 e. The Hall–Kier alpha value is -3.29. The SMILES string of the molecule is C=CCOc1ccc(C2c3c(oc4cc(C)c(Cl)cc4c3=O)C(=O)N2CCCOC)cc1OC. The van der Waals surface area contributed by atoms with Crippen LogP contribution < -0.4 is 14.9 Å². The van der Waals surface area contributed by atoms with E-state index in [1.807, 2.05) is 13.0 Å². The summed E-state index contributed by atoms with van der Waals surface area (Å²) in [5.74, 6) is 0.733. The van der Waals surface area contributed by atoms with Crippen molar-refractivity contribution in [3.05, 3.63) is 80.7 Å². The van der Waals surface area contributed by atoms with Crippen molar-refractivity contribution in [3.63, 3.8) is 0 Å². The number of ether oxygens (including phenoxy) is 3. The first-order valence-electron chi connectivity index (χ1n) is 10.9. The minimum Gasteiger partial charge on any atom is -0.493 e. The Bertz CT molecular complexity index is 1310. The monoisotopic (exact) mass is 483 g/mol. The van der Waals surface area contributed by atoms with Crippen LogP contribution in [0.25, 0.3) is 11.0 Å². The Morgan fingerprint density at radius 3 is 2.68 bits per heavy atom. The number of hydrogen-bond acceptors (Lipinski definition) is 6. The van der Waals surface area contributed by atoms with E-state index in [0.717, 1.165) is 5.56 Å². The summed E-state index contributed by atoms with van der Waals surface area (Å²) < 4.78 is 22.4. The molecule has 3 aromatic rings. The Morgan fingerprint density at radius 2 is 1.97 bits per heavy atom. The first kappa shape index (κ1) is 23.9. The van der Waals surface area contributed by atoms with Crippen molar-refractivity contribution in [2.75, 3.05) is 34.0 Å². The van der Waals surface area contributed by atoms with Crippen LogP contribution in [0.15, 0.2) is 52.2 Å². The Kier molecular flexibility index (Phi) is 6.95. The number of benzene rings is 2. The summed E-state index contributed by atoms with van der Waals surface area (Å²) in [5.41, 5.74) is 1.81. The van der Waals surface area contributed by atoms with Gasteiger partial charge in [0.25, 0.3) is 5.91 Å². The van der Waals surface area contributed by atoms with E-state index in [1.165, 1.54) is 7.11 Å². The topological polar surface area (TPSA) is 78.2 Å². The maximum absolute atomic E-state index is 13.7. The number of rotatable bonds is 9. The molecular weight excluding hydrogens is 458 g/mol. The zero-order valence-electron chi connectivity index (χ0n) is 19.4. The summed E-state index contributed by atoms with van der Waals surface area (Å²) in [4.78, 5) is 28.7. The molecule has 1 aromatic heterocycles. The van der Waals surface area contributed by atoms with Gasteiger partial charge >= 0.3 is 0 Å². The predicted octanol–water partition coefficient (Wildman–Crippen LogP) is 4.91. The number of hydrogen-bond donors (Lipinski definition) is 0. The quantitative estimate of drug-likeness (QED) is 0.318. The lowest BCUT2D eigenvalue weighted by Gasteiger charge is -2.25. The average molecular weight is 484 g/mol. The van der Waals surface area contributed by atoms with Gasteiger partial charge in [0.1, 0.15) is 12.2 Å². The van der Waals surface area contributed by atoms with E-state index in [0.29, 0.717) is 59.2 Å². The highest BCUT2D eigenvalue weighted by Crippen LogP contribution is 2.41. The molecule has 1 aliphatic rings. The highest BCUT2D eigenvalue weighted by atomic mass is 35.5. The highest BCUT2D eigenvalue weighted by molar-refractivity contribution is 6.32. The van der Waals surface area contributed by atoms with E-state index < -0.39 is 6.04 Å². The molecule has 0 radical (unpaired) electrons. The molecule has 34 heavy (non-hydrogen) atoms. The van der Waals surface area contributed by atoms with Crippen LogP contribution >= 0.6 is 11.6 Å². The van der Waals surface area contributed by atoms with Crippen molar-refractivity contribution in [2.45, 2.75) is 19.4 Å². The van der Waals surface area contributed by atoms with Crippen LogP contribution in [0.3, 0.4) is 0 Å². The van der Waals surface area contributed by atoms with Crippen LogP contribution in [0.4, 0.5) is 0 Å². The van der Waals surface area contributed by atoms with Crippen molar-refractivity contribution < 1.29 is 23.4 Å². The number of methoxy groups -OCH3 is 2. The van der Waals surface area contributed by atoms with Crippen LogP contribution in [-0.4, -0.2) is 44.8 Å². The molecule has 0 saturated heterocycles. The Morgan fingerprint density at radius 1 is 1.18 bits per heavy atom. The van der Waals surface area contributed by atoms with E-state index in [9.17, 15) is 9.59 Å². The zero-order valence-corrected chi connectivity index (χ0v) is 20.1. The molecular formula is C26H26ClNO6. The largest absolute Gasteiger partial charge is 0.493 e. The van der Waals surface area contributed by atoms with Gasteiger partial charge in [-0.15, -0.1) is 0 Å². The Balaban J connectivity index is 1.90. The first-order chi connectivity index (χ1) is 16.4. The fraction of sp³-hybridized carbons (Fsp3) is 0.308. The zero-order chi connectivity index (χ0) is 24.4. The summed E-state index contributed by atoms with van der Waals surface area (Å²) >= 11 is 6.30. The number of fused-ring (bicyclic) bond motifs is 2. The molecule has 4 rings (SSSR count). The number of amides is 1. The molecule has 0 fully saturated rings. The number of halogens is 1. The van der Waals surface area contributed by atoms with E-state index in [4.69, 9.17) is 30.2 Å². The lowest BCUT2D eigenvalue weighted by Crippen LogP contribution is -2.31. The van der Waals surface area contributed by atoms with Crippen LogP contribution in [-0.2, 0) is 4.74 Å². The number of nitrogens with zero attached hydrogens (tertiary/aromatic N) is 1. The van der Waals surface area contributed by atoms with Gasteiger partial charge in [0.15, 0.2) is 16.9 Å². The van der Waals surface area contributed by atoms with Gasteiger partial charge < -0.3 is 23.5 Å². The molecule has 0 spiro atoms. The van der Waals surface area contributed by atoms with Gasteiger partial charge in [-0.05, 0) is 48.7 Å². The molecule has 7 nitrogen and oxygen atoms in total. The molecule has 1 amide bonds. The van der Waals surface area contributed by atoms with Crippen LogP contribution in [0.2, 0.25) is 5.02 Å². The summed E-state index contributed by atoms with van der Waals surface area (Å²) in [6.07, 6.45) is 2.24. The van der Waals surface area contributed by atoms with Gasteiger partial charge in [-0.3, -0.25) is 9.59 Å². The molecule has 1 atom stereocenters. The van der Waals surface area contributed by atoms with Gasteiger partial charge in [-0.2, -0.15) is 0 Å². The van der Waals surface area contributed by atoms with Gasteiger partial charge in [0.05, 0.1) is 24.1 Å². The van der Waals surface area contributed by atoms with Gasteiger partial charge in [-0.25, -0.2) is 0 Å². The summed E-state index contributed by atoms with van der Waals surface area (Å²) in [7, 11) is 3.14. The van der Waals surface area contributed by atoms with E-state index >= 15 is 0 Å². The number of carbonyl (C=O) groups is 1. The Labute approximate surface area is 202 Å². The fourth-order valence-corrected chi connectivity index (χ4v) is 4.38. The predicted molar refractivity (Wildman–Crippen MR) is 130 cm³/mol. The average Bonchev–Trinajstić information content (AvgIpc) is 3.11. The van der Waals surface area contributed by atoms with Gasteiger partial charge in [0, 0.05) is 25.3 Å². The maximum atomic E-state index is 13.7. The summed E-state index contributed by atoms with van der Waals surface area (Å²) in [6.45, 7) is 6.66. The van der Waals surface area contributed by atoms with Crippen molar-refractivity contribution in [1.29, 1.82) is 0 Å². The van der Waals surface area contributed by atoms with E-state index in [-0.39, 0.29) is 22.7 Å². The van der Waals surface area contributed by atoms with Gasteiger partial charge in [0.2, 0.25) is 5.76 Å². The third-order valence-corrected chi connectivity index (χ3v) is 6.26. The molecule has 0 saturated carbocycles. The van der Waals surface area contributed by atoms with Crippen molar-refractivity contribution >= 4 is 28.5 Å². The van der Waals surface area contributed by atoms with Gasteiger partial charge in [-0.1, -0.05) is 30.3 Å². The molecule has 1 aliphatic heterocycles. The van der Waals surface area contributed by atoms with Crippen LogP contribution in [0.5, 0.6) is 11.5 Å². The highest BCUT2D eigenvalue weighted by Gasteiger charge is 2.42. The molecule has 0 aliphatic carbocycles. The second-order valence-corrected chi connectivity index (χ2v) is 8.44. The van der Waals surface area contributed by atoms with Crippen LogP contribution in [0.1, 0.15) is 39.7 Å². The van der Waals surface area contributed by atoms with E-state index in [2.05, 4.69) is 6.58 Å². The lowest BCUT2D eigenvalue weighted by molar-refractivity contribution is 0.0707. The minimum atomic E-state index is -0.651. The van der Waals surface area contributed by atoms with Crippen molar-refractivity contribution in [2.24, 2.45) is 0 Å². The maximum Gasteiger partial charge on any atom is 0.290 e. The summed E-state index contributed by atoms with van der Waals surface area (Å²) in [6, 6.07) is 7.99. The minimum absolute atomic E-state index is 0.0487. The molecule has 178 valence electrons. The van der Waals surface area contributed by atoms with E-state index in [1.54, 1.807) is 42.4 Å². The molecule has 8 heteroatoms. The first-order valence-corrected chi connectivity index (χ1v) is 11.3. The van der Waals surface area contributed by atoms with Crippen molar-refractivity contribution in [3.8, 4) is 11.5 Å². The fourth-order valence-electron chi connectivity index (χ4n) is 4.22. The second-order valence-electron chi connectivity index (χ2n) is 8.03. The molecule has 2 aromatic carbocycles. The van der Waals surface area contributed by atoms with Crippen molar-refractivity contribution in [1.82, 2.24) is 4.90 Å². The van der Waals surface area contributed by atoms with Crippen LogP contribution in [0, 0.1) is 6.92 Å². The molecule has 0 N–H and O–H groups in total. The number of carbonyl (C=O) groups excluding carboxylic acids is 1. The third kappa shape index (κ3) is 4.17. The number of aryl methyl sites for hydroxylation is 1. The lowest BCUT2D eigenvalue weighted by atomic mass is 9.97. The second kappa shape index (κ2) is 9.91. The molecule has 0 bridgehead atoms. The molecule has 2 heterocycles. The third-order valence-electron chi connectivity index (χ3n) is 5.85.